The monoisotopic (exact) mass is 428 g/mol. The van der Waals surface area contributed by atoms with Gasteiger partial charge in [0.05, 0.1) is 0 Å². The molecule has 0 aromatic heterocycles. The number of anilines is 2. The van der Waals surface area contributed by atoms with Gasteiger partial charge in [0.25, 0.3) is 0 Å². The normalized spacial score (nSPS) is 21.5. The van der Waals surface area contributed by atoms with Crippen molar-refractivity contribution in [3.8, 4) is 0 Å². The highest BCUT2D eigenvalue weighted by Crippen LogP contribution is 2.39. The van der Waals surface area contributed by atoms with E-state index in [1.807, 2.05) is 26.8 Å². The number of ether oxygens (including phenoxy) is 1. The molecule has 1 atom stereocenters. The molecule has 3 aliphatic heterocycles. The van der Waals surface area contributed by atoms with Gasteiger partial charge in [-0.1, -0.05) is 6.07 Å². The largest absolute Gasteiger partial charge is 0.444 e. The second kappa shape index (κ2) is 8.05. The molecule has 8 heteroatoms. The van der Waals surface area contributed by atoms with Crippen molar-refractivity contribution in [3.63, 3.8) is 0 Å². The topological polar surface area (TPSA) is 82.2 Å². The predicted molar refractivity (Wildman–Crippen MR) is 118 cm³/mol. The SMILES string of the molecule is CN(CC1CN(c2cccc3c2CCN3[C@@H]2CCC(=O)NC2=O)C1)C(=O)OC(C)(C)C. The summed E-state index contributed by atoms with van der Waals surface area (Å²) in [6, 6.07) is 5.98. The zero-order valence-electron chi connectivity index (χ0n) is 18.8. The molecule has 3 amide bonds. The Morgan fingerprint density at radius 1 is 1.19 bits per heavy atom. The summed E-state index contributed by atoms with van der Waals surface area (Å²) >= 11 is 0. The minimum absolute atomic E-state index is 0.183. The number of nitrogens with zero attached hydrogens (tertiary/aromatic N) is 3. The third-order valence-corrected chi connectivity index (χ3v) is 6.16. The number of carbonyl (C=O) groups excluding carboxylic acids is 3. The number of benzene rings is 1. The van der Waals surface area contributed by atoms with Crippen LogP contribution >= 0.6 is 0 Å². The first kappa shape index (κ1) is 21.5. The Balaban J connectivity index is 1.38. The van der Waals surface area contributed by atoms with E-state index >= 15 is 0 Å². The number of nitrogens with one attached hydrogen (secondary N) is 1. The molecule has 0 bridgehead atoms. The number of amides is 3. The molecule has 168 valence electrons. The maximum absolute atomic E-state index is 12.3. The molecule has 1 aromatic carbocycles. The van der Waals surface area contributed by atoms with Gasteiger partial charge in [-0.15, -0.1) is 0 Å². The van der Waals surface area contributed by atoms with Crippen LogP contribution in [0.3, 0.4) is 0 Å². The number of hydrogen-bond acceptors (Lipinski definition) is 6. The van der Waals surface area contributed by atoms with E-state index in [9.17, 15) is 14.4 Å². The van der Waals surface area contributed by atoms with Crippen molar-refractivity contribution in [2.24, 2.45) is 5.92 Å². The lowest BCUT2D eigenvalue weighted by atomic mass is 9.96. The van der Waals surface area contributed by atoms with Crippen LogP contribution < -0.4 is 15.1 Å². The number of fused-ring (bicyclic) bond motifs is 1. The number of rotatable bonds is 4. The summed E-state index contributed by atoms with van der Waals surface area (Å²) < 4.78 is 5.44. The van der Waals surface area contributed by atoms with Gasteiger partial charge >= 0.3 is 6.09 Å². The second-order valence-corrected chi connectivity index (χ2v) is 9.82. The molecule has 1 N–H and O–H groups in total. The Morgan fingerprint density at radius 2 is 1.90 bits per heavy atom. The van der Waals surface area contributed by atoms with E-state index in [1.54, 1.807) is 11.9 Å². The molecule has 3 heterocycles. The van der Waals surface area contributed by atoms with Gasteiger partial charge in [0.15, 0.2) is 0 Å². The number of carbonyl (C=O) groups is 3. The Labute approximate surface area is 183 Å². The van der Waals surface area contributed by atoms with Gasteiger partial charge in [0.2, 0.25) is 11.8 Å². The molecule has 3 aliphatic rings. The van der Waals surface area contributed by atoms with Gasteiger partial charge in [-0.05, 0) is 45.7 Å². The number of piperidine rings is 1. The standard InChI is InChI=1S/C23H32N4O4/c1-23(2,3)31-22(30)25(4)12-15-13-26(14-15)17-6-5-7-18-16(17)10-11-27(18)19-8-9-20(28)24-21(19)29/h5-7,15,19H,8-14H2,1-4H3,(H,24,28,29)/t19-/m1/s1. The van der Waals surface area contributed by atoms with Gasteiger partial charge in [0.1, 0.15) is 11.6 Å². The van der Waals surface area contributed by atoms with Crippen LogP contribution in [-0.4, -0.2) is 67.7 Å². The molecule has 31 heavy (non-hydrogen) atoms. The molecule has 2 fully saturated rings. The highest BCUT2D eigenvalue weighted by atomic mass is 16.6. The Hall–Kier alpha value is -2.77. The van der Waals surface area contributed by atoms with E-state index < -0.39 is 5.60 Å². The summed E-state index contributed by atoms with van der Waals surface area (Å²) in [6.45, 7) is 8.86. The molecule has 0 unspecified atom stereocenters. The zero-order chi connectivity index (χ0) is 22.3. The maximum Gasteiger partial charge on any atom is 0.410 e. The smallest absolute Gasteiger partial charge is 0.410 e. The third kappa shape index (κ3) is 4.48. The van der Waals surface area contributed by atoms with Crippen LogP contribution in [0.25, 0.3) is 0 Å². The van der Waals surface area contributed by atoms with Crippen molar-refractivity contribution in [3.05, 3.63) is 23.8 Å². The number of hydrogen-bond donors (Lipinski definition) is 1. The summed E-state index contributed by atoms with van der Waals surface area (Å²) in [5.74, 6) is 0.0297. The summed E-state index contributed by atoms with van der Waals surface area (Å²) in [6.07, 6.45) is 1.56. The molecular formula is C23H32N4O4. The van der Waals surface area contributed by atoms with Gasteiger partial charge in [-0.3, -0.25) is 14.9 Å². The highest BCUT2D eigenvalue weighted by Gasteiger charge is 2.37. The van der Waals surface area contributed by atoms with Gasteiger partial charge in [-0.2, -0.15) is 0 Å². The fourth-order valence-corrected chi connectivity index (χ4v) is 4.72. The van der Waals surface area contributed by atoms with Crippen LogP contribution in [0.15, 0.2) is 18.2 Å². The lowest BCUT2D eigenvalue weighted by Crippen LogP contribution is -2.52. The molecular weight excluding hydrogens is 396 g/mol. The molecule has 0 aliphatic carbocycles. The average molecular weight is 429 g/mol. The van der Waals surface area contributed by atoms with Crippen molar-refractivity contribution in [1.29, 1.82) is 0 Å². The minimum atomic E-state index is -0.490. The quantitative estimate of drug-likeness (QED) is 0.740. The Morgan fingerprint density at radius 3 is 2.58 bits per heavy atom. The van der Waals surface area contributed by atoms with E-state index in [-0.39, 0.29) is 23.9 Å². The van der Waals surface area contributed by atoms with E-state index in [0.29, 0.717) is 25.3 Å². The third-order valence-electron chi connectivity index (χ3n) is 6.16. The summed E-state index contributed by atoms with van der Waals surface area (Å²) in [5.41, 5.74) is 3.09. The van der Waals surface area contributed by atoms with Crippen molar-refractivity contribution >= 4 is 29.3 Å². The first-order chi connectivity index (χ1) is 14.6. The van der Waals surface area contributed by atoms with Gasteiger partial charge in [-0.25, -0.2) is 4.79 Å². The first-order valence-corrected chi connectivity index (χ1v) is 11.0. The molecule has 0 spiro atoms. The predicted octanol–water partition coefficient (Wildman–Crippen LogP) is 2.16. The van der Waals surface area contributed by atoms with Gasteiger partial charge in [0, 0.05) is 62.5 Å². The first-order valence-electron chi connectivity index (χ1n) is 11.0. The Bertz CT molecular complexity index is 888. The number of imide groups is 1. The molecule has 0 saturated carbocycles. The van der Waals surface area contributed by atoms with E-state index in [1.165, 1.54) is 11.3 Å². The van der Waals surface area contributed by atoms with Crippen LogP contribution in [0.1, 0.15) is 39.2 Å². The van der Waals surface area contributed by atoms with Crippen LogP contribution in [0.5, 0.6) is 0 Å². The average Bonchev–Trinajstić information content (AvgIpc) is 3.07. The van der Waals surface area contributed by atoms with E-state index in [0.717, 1.165) is 31.7 Å². The van der Waals surface area contributed by atoms with E-state index in [4.69, 9.17) is 4.74 Å². The van der Waals surface area contributed by atoms with Crippen molar-refractivity contribution in [2.45, 2.75) is 51.7 Å². The lowest BCUT2D eigenvalue weighted by Gasteiger charge is -2.43. The Kier molecular flexibility index (Phi) is 5.58. The summed E-state index contributed by atoms with van der Waals surface area (Å²) in [5, 5.41) is 2.47. The fraction of sp³-hybridized carbons (Fsp3) is 0.609. The zero-order valence-corrected chi connectivity index (χ0v) is 18.8. The second-order valence-electron chi connectivity index (χ2n) is 9.82. The van der Waals surface area contributed by atoms with Crippen LogP contribution in [0, 0.1) is 5.92 Å². The summed E-state index contributed by atoms with van der Waals surface area (Å²) in [4.78, 5) is 42.2. The minimum Gasteiger partial charge on any atom is -0.444 e. The van der Waals surface area contributed by atoms with Crippen molar-refractivity contribution in [1.82, 2.24) is 10.2 Å². The van der Waals surface area contributed by atoms with E-state index in [2.05, 4.69) is 27.2 Å². The van der Waals surface area contributed by atoms with Crippen molar-refractivity contribution < 1.29 is 19.1 Å². The maximum atomic E-state index is 12.3. The van der Waals surface area contributed by atoms with Crippen LogP contribution in [-0.2, 0) is 20.7 Å². The fourth-order valence-electron chi connectivity index (χ4n) is 4.72. The van der Waals surface area contributed by atoms with Crippen LogP contribution in [0.4, 0.5) is 16.2 Å². The van der Waals surface area contributed by atoms with Crippen molar-refractivity contribution in [2.75, 3.05) is 43.0 Å². The molecule has 8 nitrogen and oxygen atoms in total. The molecule has 2 saturated heterocycles. The lowest BCUT2D eigenvalue weighted by molar-refractivity contribution is -0.134. The molecule has 0 radical (unpaired) electrons. The van der Waals surface area contributed by atoms with Crippen LogP contribution in [0.2, 0.25) is 0 Å². The highest BCUT2D eigenvalue weighted by molar-refractivity contribution is 6.02. The van der Waals surface area contributed by atoms with Gasteiger partial charge < -0.3 is 19.4 Å². The molecule has 4 rings (SSSR count). The summed E-state index contributed by atoms with van der Waals surface area (Å²) in [7, 11) is 1.79. The molecule has 1 aromatic rings.